The quantitative estimate of drug-likeness (QED) is 0.542. The minimum absolute atomic E-state index is 0.0719. The van der Waals surface area contributed by atoms with Gasteiger partial charge >= 0.3 is 0 Å². The summed E-state index contributed by atoms with van der Waals surface area (Å²) in [6.45, 7) is 4.15. The van der Waals surface area contributed by atoms with Gasteiger partial charge < -0.3 is 15.2 Å². The first-order chi connectivity index (χ1) is 6.81. The Balaban J connectivity index is 3.11. The molecule has 1 amide bonds. The number of hydrogen-bond donors (Lipinski definition) is 2. The molecule has 0 unspecified atom stereocenters. The van der Waals surface area contributed by atoms with Gasteiger partial charge in [0.25, 0.3) is 0 Å². The summed E-state index contributed by atoms with van der Waals surface area (Å²) in [5, 5.41) is 11.3. The van der Waals surface area contributed by atoms with E-state index in [1.165, 1.54) is 0 Å². The van der Waals surface area contributed by atoms with Gasteiger partial charge in [-0.3, -0.25) is 4.79 Å². The van der Waals surface area contributed by atoms with E-state index in [1.807, 2.05) is 6.92 Å². The summed E-state index contributed by atoms with van der Waals surface area (Å²) in [5.74, 6) is 0.0719. The summed E-state index contributed by atoms with van der Waals surface area (Å²) in [6.07, 6.45) is 2.89. The molecule has 0 radical (unpaired) electrons. The molecule has 0 bridgehead atoms. The van der Waals surface area contributed by atoms with Crippen molar-refractivity contribution >= 4 is 5.91 Å². The molecular weight excluding hydrogens is 182 g/mol. The van der Waals surface area contributed by atoms with Crippen LogP contribution in [0.15, 0.2) is 0 Å². The lowest BCUT2D eigenvalue weighted by Crippen LogP contribution is -2.24. The van der Waals surface area contributed by atoms with Crippen LogP contribution in [0.5, 0.6) is 0 Å². The highest BCUT2D eigenvalue weighted by Gasteiger charge is 1.99. The van der Waals surface area contributed by atoms with Gasteiger partial charge in [-0.15, -0.1) is 0 Å². The maximum Gasteiger partial charge on any atom is 0.220 e. The van der Waals surface area contributed by atoms with Crippen LogP contribution in [0.2, 0.25) is 0 Å². The number of nitrogens with one attached hydrogen (secondary N) is 1. The van der Waals surface area contributed by atoms with Crippen molar-refractivity contribution in [1.82, 2.24) is 5.32 Å². The minimum Gasteiger partial charge on any atom is -0.396 e. The summed E-state index contributed by atoms with van der Waals surface area (Å²) in [4.78, 5) is 11.1. The Morgan fingerprint density at radius 2 is 2.14 bits per heavy atom. The van der Waals surface area contributed by atoms with Gasteiger partial charge in [0, 0.05) is 32.8 Å². The highest BCUT2D eigenvalue weighted by molar-refractivity contribution is 5.75. The predicted octanol–water partition coefficient (Wildman–Crippen LogP) is 0.692. The van der Waals surface area contributed by atoms with Crippen molar-refractivity contribution in [2.75, 3.05) is 26.4 Å². The van der Waals surface area contributed by atoms with E-state index in [2.05, 4.69) is 5.32 Å². The molecule has 84 valence electrons. The third kappa shape index (κ3) is 9.48. The van der Waals surface area contributed by atoms with Crippen LogP contribution in [0.3, 0.4) is 0 Å². The van der Waals surface area contributed by atoms with Gasteiger partial charge in [0.2, 0.25) is 5.91 Å². The molecule has 0 saturated carbocycles. The molecule has 4 heteroatoms. The normalized spacial score (nSPS) is 10.1. The zero-order valence-corrected chi connectivity index (χ0v) is 8.92. The van der Waals surface area contributed by atoms with Crippen molar-refractivity contribution in [3.8, 4) is 0 Å². The van der Waals surface area contributed by atoms with Crippen LogP contribution in [-0.4, -0.2) is 37.4 Å². The van der Waals surface area contributed by atoms with Gasteiger partial charge in [-0.1, -0.05) is 0 Å². The first-order valence-corrected chi connectivity index (χ1v) is 5.26. The highest BCUT2D eigenvalue weighted by atomic mass is 16.5. The van der Waals surface area contributed by atoms with Crippen LogP contribution in [0.1, 0.15) is 32.6 Å². The van der Waals surface area contributed by atoms with Crippen LogP contribution < -0.4 is 5.32 Å². The third-order valence-corrected chi connectivity index (χ3v) is 1.80. The topological polar surface area (TPSA) is 58.6 Å². The second-order valence-electron chi connectivity index (χ2n) is 3.08. The molecule has 0 rings (SSSR count). The number of aliphatic hydroxyl groups excluding tert-OH is 1. The highest BCUT2D eigenvalue weighted by Crippen LogP contribution is 1.91. The van der Waals surface area contributed by atoms with E-state index >= 15 is 0 Å². The second-order valence-corrected chi connectivity index (χ2v) is 3.08. The van der Waals surface area contributed by atoms with Gasteiger partial charge in [0.1, 0.15) is 0 Å². The van der Waals surface area contributed by atoms with E-state index in [0.717, 1.165) is 19.3 Å². The first-order valence-electron chi connectivity index (χ1n) is 5.26. The summed E-state index contributed by atoms with van der Waals surface area (Å²) >= 11 is 0. The molecule has 2 N–H and O–H groups in total. The lowest BCUT2D eigenvalue weighted by atomic mass is 10.3. The molecule has 0 aliphatic rings. The smallest absolute Gasteiger partial charge is 0.220 e. The van der Waals surface area contributed by atoms with Gasteiger partial charge in [0.05, 0.1) is 0 Å². The van der Waals surface area contributed by atoms with E-state index in [0.29, 0.717) is 26.2 Å². The van der Waals surface area contributed by atoms with Crippen LogP contribution in [-0.2, 0) is 9.53 Å². The van der Waals surface area contributed by atoms with E-state index in [9.17, 15) is 4.79 Å². The van der Waals surface area contributed by atoms with Crippen molar-refractivity contribution in [2.24, 2.45) is 0 Å². The Kier molecular flexibility index (Phi) is 10.0. The van der Waals surface area contributed by atoms with E-state index in [-0.39, 0.29) is 12.5 Å². The number of hydrogen-bond acceptors (Lipinski definition) is 3. The average Bonchev–Trinajstić information content (AvgIpc) is 2.19. The van der Waals surface area contributed by atoms with Crippen LogP contribution in [0.4, 0.5) is 0 Å². The molecule has 0 heterocycles. The van der Waals surface area contributed by atoms with E-state index < -0.39 is 0 Å². The molecule has 0 aromatic rings. The van der Waals surface area contributed by atoms with Crippen molar-refractivity contribution < 1.29 is 14.6 Å². The Morgan fingerprint density at radius 1 is 1.36 bits per heavy atom. The zero-order chi connectivity index (χ0) is 10.6. The number of amides is 1. The first kappa shape index (κ1) is 13.4. The Bertz CT molecular complexity index is 125. The zero-order valence-electron chi connectivity index (χ0n) is 8.92. The molecule has 4 nitrogen and oxygen atoms in total. The number of carbonyl (C=O) groups is 1. The second kappa shape index (κ2) is 10.5. The Morgan fingerprint density at radius 3 is 2.79 bits per heavy atom. The minimum atomic E-state index is 0.0719. The van der Waals surface area contributed by atoms with Gasteiger partial charge in [-0.05, 0) is 26.2 Å². The monoisotopic (exact) mass is 203 g/mol. The number of aliphatic hydroxyl groups is 1. The summed E-state index contributed by atoms with van der Waals surface area (Å²) in [5.41, 5.74) is 0. The van der Waals surface area contributed by atoms with Crippen molar-refractivity contribution in [1.29, 1.82) is 0 Å². The van der Waals surface area contributed by atoms with Crippen LogP contribution in [0, 0.1) is 0 Å². The molecule has 0 aliphatic heterocycles. The lowest BCUT2D eigenvalue weighted by Gasteiger charge is -2.04. The van der Waals surface area contributed by atoms with Crippen LogP contribution in [0.25, 0.3) is 0 Å². The summed E-state index contributed by atoms with van der Waals surface area (Å²) in [7, 11) is 0. The summed E-state index contributed by atoms with van der Waals surface area (Å²) < 4.78 is 5.11. The molecule has 0 aromatic heterocycles. The van der Waals surface area contributed by atoms with E-state index in [1.54, 1.807) is 0 Å². The fourth-order valence-corrected chi connectivity index (χ4v) is 1.03. The SMILES string of the molecule is CCOCCCC(=O)NCCCCO. The standard InChI is InChI=1S/C10H21NO3/c1-2-14-9-5-6-10(13)11-7-3-4-8-12/h12H,2-9H2,1H3,(H,11,13). The largest absolute Gasteiger partial charge is 0.396 e. The lowest BCUT2D eigenvalue weighted by molar-refractivity contribution is -0.121. The molecule has 0 saturated heterocycles. The molecule has 0 atom stereocenters. The van der Waals surface area contributed by atoms with Crippen molar-refractivity contribution in [2.45, 2.75) is 32.6 Å². The maximum absolute atomic E-state index is 11.1. The number of unbranched alkanes of at least 4 members (excludes halogenated alkanes) is 1. The fraction of sp³-hybridized carbons (Fsp3) is 0.900. The number of rotatable bonds is 9. The maximum atomic E-state index is 11.1. The molecular formula is C10H21NO3. The van der Waals surface area contributed by atoms with Gasteiger partial charge in [-0.25, -0.2) is 0 Å². The Hall–Kier alpha value is -0.610. The third-order valence-electron chi connectivity index (χ3n) is 1.80. The fourth-order valence-electron chi connectivity index (χ4n) is 1.03. The number of carbonyl (C=O) groups excluding carboxylic acids is 1. The molecule has 0 fully saturated rings. The average molecular weight is 203 g/mol. The molecule has 0 aromatic carbocycles. The Labute approximate surface area is 85.6 Å². The van der Waals surface area contributed by atoms with Gasteiger partial charge in [-0.2, -0.15) is 0 Å². The predicted molar refractivity (Wildman–Crippen MR) is 55.1 cm³/mol. The van der Waals surface area contributed by atoms with Crippen LogP contribution >= 0.6 is 0 Å². The van der Waals surface area contributed by atoms with E-state index in [4.69, 9.17) is 9.84 Å². The molecule has 0 spiro atoms. The summed E-state index contributed by atoms with van der Waals surface area (Å²) in [6, 6.07) is 0. The number of ether oxygens (including phenoxy) is 1. The van der Waals surface area contributed by atoms with Gasteiger partial charge in [0.15, 0.2) is 0 Å². The van der Waals surface area contributed by atoms with Crippen molar-refractivity contribution in [3.05, 3.63) is 0 Å². The van der Waals surface area contributed by atoms with Crippen molar-refractivity contribution in [3.63, 3.8) is 0 Å². The molecule has 14 heavy (non-hydrogen) atoms. The molecule has 0 aliphatic carbocycles.